The molecule has 0 saturated carbocycles. The van der Waals surface area contributed by atoms with Gasteiger partial charge in [-0.1, -0.05) is 0 Å². The molecule has 2 fully saturated rings. The minimum Gasteiger partial charge on any atom is -0.396 e. The molecule has 1 atom stereocenters. The Morgan fingerprint density at radius 1 is 1.17 bits per heavy atom. The van der Waals surface area contributed by atoms with Crippen LogP contribution in [-0.4, -0.2) is 63.8 Å². The Morgan fingerprint density at radius 3 is 2.57 bits per heavy atom. The van der Waals surface area contributed by atoms with Crippen LogP contribution in [0.2, 0.25) is 0 Å². The number of likely N-dealkylation sites (tertiary alicyclic amines) is 1. The summed E-state index contributed by atoms with van der Waals surface area (Å²) in [4.78, 5) is 27.2. The number of amides is 1. The van der Waals surface area contributed by atoms with E-state index in [1.165, 1.54) is 12.1 Å². The van der Waals surface area contributed by atoms with E-state index < -0.39 is 11.7 Å². The van der Waals surface area contributed by atoms with Gasteiger partial charge in [-0.3, -0.25) is 9.78 Å². The highest BCUT2D eigenvalue weighted by Crippen LogP contribution is 2.37. The van der Waals surface area contributed by atoms with E-state index in [1.54, 1.807) is 24.5 Å². The van der Waals surface area contributed by atoms with Gasteiger partial charge in [-0.05, 0) is 62.1 Å². The van der Waals surface area contributed by atoms with Crippen molar-refractivity contribution in [3.63, 3.8) is 0 Å². The van der Waals surface area contributed by atoms with Crippen molar-refractivity contribution in [2.24, 2.45) is 11.3 Å². The third kappa shape index (κ3) is 4.84. The van der Waals surface area contributed by atoms with E-state index in [0.29, 0.717) is 24.6 Å². The predicted molar refractivity (Wildman–Crippen MR) is 126 cm³/mol. The highest BCUT2D eigenvalue weighted by molar-refractivity contribution is 5.83. The second-order valence-electron chi connectivity index (χ2n) is 9.55. The van der Waals surface area contributed by atoms with Gasteiger partial charge in [-0.15, -0.1) is 0 Å². The number of nitrogens with zero attached hydrogens (tertiary/aromatic N) is 3. The molecule has 9 heteroatoms. The average Bonchev–Trinajstić information content (AvgIpc) is 3.35. The molecular weight excluding hydrogens is 451 g/mol. The van der Waals surface area contributed by atoms with E-state index in [4.69, 9.17) is 14.5 Å². The van der Waals surface area contributed by atoms with Gasteiger partial charge in [0.1, 0.15) is 5.82 Å². The lowest BCUT2D eigenvalue weighted by Gasteiger charge is -2.41. The van der Waals surface area contributed by atoms with Crippen molar-refractivity contribution < 1.29 is 23.8 Å². The Bertz CT molecular complexity index is 1160. The zero-order valence-electron chi connectivity index (χ0n) is 19.6. The number of aromatic nitrogens is 3. The normalized spacial score (nSPS) is 24.9. The molecule has 3 aromatic rings. The Balaban J connectivity index is 1.36. The molecule has 1 aromatic carbocycles. The number of aromatic amines is 1. The van der Waals surface area contributed by atoms with Crippen LogP contribution in [0.15, 0.2) is 48.8 Å². The quantitative estimate of drug-likeness (QED) is 0.579. The number of ether oxygens (including phenoxy) is 2. The van der Waals surface area contributed by atoms with Gasteiger partial charge in [0.2, 0.25) is 12.2 Å². The highest BCUT2D eigenvalue weighted by atomic mass is 19.1. The molecule has 2 N–H and O–H groups in total. The number of rotatable bonds is 5. The molecule has 2 aliphatic rings. The van der Waals surface area contributed by atoms with Crippen molar-refractivity contribution in [3.05, 3.63) is 60.4 Å². The molecule has 1 unspecified atom stereocenters. The van der Waals surface area contributed by atoms with Gasteiger partial charge in [0.25, 0.3) is 0 Å². The molecule has 0 spiro atoms. The van der Waals surface area contributed by atoms with Crippen LogP contribution in [0.3, 0.4) is 0 Å². The van der Waals surface area contributed by atoms with Crippen molar-refractivity contribution >= 4 is 5.91 Å². The number of nitrogens with one attached hydrogen (secondary N) is 1. The van der Waals surface area contributed by atoms with Gasteiger partial charge < -0.3 is 24.5 Å². The van der Waals surface area contributed by atoms with Gasteiger partial charge >= 0.3 is 0 Å². The number of carbonyl (C=O) groups is 1. The minimum atomic E-state index is -0.811. The molecule has 2 aromatic heterocycles. The fourth-order valence-electron chi connectivity index (χ4n) is 4.72. The Hall–Kier alpha value is -3.14. The Morgan fingerprint density at radius 2 is 1.89 bits per heavy atom. The lowest BCUT2D eigenvalue weighted by atomic mass is 9.88. The number of hydrogen-bond donors (Lipinski definition) is 2. The predicted octanol–water partition coefficient (Wildman–Crippen LogP) is 3.56. The maximum atomic E-state index is 13.5. The van der Waals surface area contributed by atoms with E-state index in [1.807, 2.05) is 24.0 Å². The molecule has 1 amide bonds. The van der Waals surface area contributed by atoms with Crippen LogP contribution in [0.1, 0.15) is 31.9 Å². The average molecular weight is 481 g/mol. The molecule has 0 radical (unpaired) electrons. The van der Waals surface area contributed by atoms with Gasteiger partial charge in [0, 0.05) is 43.2 Å². The topological polar surface area (TPSA) is 101 Å². The Kier molecular flexibility index (Phi) is 6.64. The summed E-state index contributed by atoms with van der Waals surface area (Å²) in [7, 11) is 0. The number of hydrogen-bond acceptors (Lipinski definition) is 6. The van der Waals surface area contributed by atoms with Crippen molar-refractivity contribution in [1.29, 1.82) is 0 Å². The van der Waals surface area contributed by atoms with Crippen LogP contribution < -0.4 is 0 Å². The number of carbonyl (C=O) groups excluding carboxylic acids is 1. The molecule has 2 aliphatic heterocycles. The number of benzene rings is 1. The summed E-state index contributed by atoms with van der Waals surface area (Å²) >= 11 is 0. The van der Waals surface area contributed by atoms with Crippen LogP contribution >= 0.6 is 0 Å². The second-order valence-corrected chi connectivity index (χ2v) is 9.55. The Labute approximate surface area is 203 Å². The maximum absolute atomic E-state index is 13.5. The summed E-state index contributed by atoms with van der Waals surface area (Å²) in [6.45, 7) is 3.56. The van der Waals surface area contributed by atoms with Crippen LogP contribution in [0.5, 0.6) is 0 Å². The minimum absolute atomic E-state index is 0.0157. The molecule has 35 heavy (non-hydrogen) atoms. The third-order valence-corrected chi connectivity index (χ3v) is 6.72. The van der Waals surface area contributed by atoms with Gasteiger partial charge in [-0.25, -0.2) is 9.37 Å². The lowest BCUT2D eigenvalue weighted by molar-refractivity contribution is -0.234. The number of pyridine rings is 1. The zero-order valence-corrected chi connectivity index (χ0v) is 19.6. The SMILES string of the molecule is CC1(C(=O)N2CCCC(CO)C2)COC(c2nc(-c3ccc(F)cc3)c(-c3ccncc3)[nH]2)OC1. The lowest BCUT2D eigenvalue weighted by Crippen LogP contribution is -2.53. The maximum Gasteiger partial charge on any atom is 0.233 e. The summed E-state index contributed by atoms with van der Waals surface area (Å²) in [5, 5.41) is 9.51. The zero-order chi connectivity index (χ0) is 24.4. The monoisotopic (exact) mass is 480 g/mol. The smallest absolute Gasteiger partial charge is 0.233 e. The van der Waals surface area contributed by atoms with Gasteiger partial charge in [0.05, 0.1) is 30.0 Å². The summed E-state index contributed by atoms with van der Waals surface area (Å²) in [6.07, 6.45) is 4.43. The molecule has 0 bridgehead atoms. The van der Waals surface area contributed by atoms with E-state index in [2.05, 4.69) is 9.97 Å². The number of H-pyrrole nitrogens is 1. The van der Waals surface area contributed by atoms with Crippen molar-refractivity contribution in [2.75, 3.05) is 32.9 Å². The third-order valence-electron chi connectivity index (χ3n) is 6.72. The van der Waals surface area contributed by atoms with E-state index in [-0.39, 0.29) is 37.5 Å². The van der Waals surface area contributed by atoms with Gasteiger partial charge in [0.15, 0.2) is 5.82 Å². The highest BCUT2D eigenvalue weighted by Gasteiger charge is 2.43. The number of piperidine rings is 1. The second kappa shape index (κ2) is 9.85. The van der Waals surface area contributed by atoms with Crippen molar-refractivity contribution in [1.82, 2.24) is 19.9 Å². The van der Waals surface area contributed by atoms with Crippen LogP contribution in [0, 0.1) is 17.2 Å². The first-order chi connectivity index (χ1) is 17.0. The molecule has 4 heterocycles. The standard InChI is InChI=1S/C26H29FN4O4/c1-26(25(33)31-12-2-3-17(13-31)14-32)15-34-24(35-16-26)23-29-21(18-4-6-20(27)7-5-18)22(30-23)19-8-10-28-11-9-19/h4-11,17,24,32H,2-3,12-16H2,1H3,(H,29,30). The number of aliphatic hydroxyl groups excluding tert-OH is 1. The van der Waals surface area contributed by atoms with Crippen LogP contribution in [0.25, 0.3) is 22.5 Å². The fourth-order valence-corrected chi connectivity index (χ4v) is 4.72. The van der Waals surface area contributed by atoms with Gasteiger partial charge in [-0.2, -0.15) is 0 Å². The first-order valence-corrected chi connectivity index (χ1v) is 11.9. The molecule has 184 valence electrons. The van der Waals surface area contributed by atoms with E-state index in [9.17, 15) is 14.3 Å². The first-order valence-electron chi connectivity index (χ1n) is 11.9. The number of imidazole rings is 1. The number of aliphatic hydroxyl groups is 1. The van der Waals surface area contributed by atoms with Crippen LogP contribution in [0.4, 0.5) is 4.39 Å². The largest absolute Gasteiger partial charge is 0.396 e. The molecule has 5 rings (SSSR count). The van der Waals surface area contributed by atoms with Crippen molar-refractivity contribution in [2.45, 2.75) is 26.1 Å². The molecular formula is C26H29FN4O4. The van der Waals surface area contributed by atoms with E-state index in [0.717, 1.165) is 29.7 Å². The van der Waals surface area contributed by atoms with E-state index >= 15 is 0 Å². The molecule has 0 aliphatic carbocycles. The summed E-state index contributed by atoms with van der Waals surface area (Å²) in [6, 6.07) is 9.87. The number of halogens is 1. The van der Waals surface area contributed by atoms with Crippen LogP contribution in [-0.2, 0) is 14.3 Å². The fraction of sp³-hybridized carbons (Fsp3) is 0.423. The molecule has 2 saturated heterocycles. The summed E-state index contributed by atoms with van der Waals surface area (Å²) in [5.74, 6) is 0.257. The summed E-state index contributed by atoms with van der Waals surface area (Å²) < 4.78 is 25.6. The van der Waals surface area contributed by atoms with Crippen molar-refractivity contribution in [3.8, 4) is 22.5 Å². The summed E-state index contributed by atoms with van der Waals surface area (Å²) in [5.41, 5.74) is 2.20. The molecule has 8 nitrogen and oxygen atoms in total. The first kappa shape index (κ1) is 23.6.